The fourth-order valence-corrected chi connectivity index (χ4v) is 3.75. The van der Waals surface area contributed by atoms with Gasteiger partial charge in [0.25, 0.3) is 0 Å². The SMILES string of the molecule is O=S1(=O)CCC(Nc2ncc3ccccc3n2)CC1. The molecule has 0 unspecified atom stereocenters. The predicted octanol–water partition coefficient (Wildman–Crippen LogP) is 1.62. The van der Waals surface area contributed by atoms with Gasteiger partial charge < -0.3 is 5.32 Å². The minimum atomic E-state index is -2.82. The van der Waals surface area contributed by atoms with E-state index >= 15 is 0 Å². The van der Waals surface area contributed by atoms with Crippen LogP contribution in [0.25, 0.3) is 10.9 Å². The van der Waals surface area contributed by atoms with Crippen molar-refractivity contribution < 1.29 is 8.42 Å². The van der Waals surface area contributed by atoms with Crippen molar-refractivity contribution in [1.29, 1.82) is 0 Å². The molecule has 0 spiro atoms. The van der Waals surface area contributed by atoms with Crippen LogP contribution in [0.4, 0.5) is 5.95 Å². The Bertz CT molecular complexity index is 686. The zero-order chi connectivity index (χ0) is 13.3. The van der Waals surface area contributed by atoms with Crippen molar-refractivity contribution in [2.24, 2.45) is 0 Å². The summed E-state index contributed by atoms with van der Waals surface area (Å²) in [5.41, 5.74) is 0.892. The van der Waals surface area contributed by atoms with Gasteiger partial charge in [-0.25, -0.2) is 18.4 Å². The summed E-state index contributed by atoms with van der Waals surface area (Å²) in [6, 6.07) is 7.93. The van der Waals surface area contributed by atoms with Crippen LogP contribution >= 0.6 is 0 Å². The summed E-state index contributed by atoms with van der Waals surface area (Å²) in [6.07, 6.45) is 3.03. The van der Waals surface area contributed by atoms with Crippen LogP contribution in [0.3, 0.4) is 0 Å². The van der Waals surface area contributed by atoms with Crippen molar-refractivity contribution in [1.82, 2.24) is 9.97 Å². The van der Waals surface area contributed by atoms with Gasteiger partial charge in [-0.2, -0.15) is 0 Å². The highest BCUT2D eigenvalue weighted by atomic mass is 32.2. The van der Waals surface area contributed by atoms with Crippen LogP contribution < -0.4 is 5.32 Å². The summed E-state index contributed by atoms with van der Waals surface area (Å²) in [7, 11) is -2.82. The van der Waals surface area contributed by atoms with E-state index < -0.39 is 9.84 Å². The molecule has 0 saturated carbocycles. The van der Waals surface area contributed by atoms with E-state index in [9.17, 15) is 8.42 Å². The van der Waals surface area contributed by atoms with Crippen LogP contribution in [0.15, 0.2) is 30.5 Å². The molecular formula is C13H15N3O2S. The van der Waals surface area contributed by atoms with Crippen LogP contribution in [0.5, 0.6) is 0 Å². The van der Waals surface area contributed by atoms with Gasteiger partial charge in [-0.15, -0.1) is 0 Å². The molecule has 0 atom stereocenters. The highest BCUT2D eigenvalue weighted by Gasteiger charge is 2.23. The van der Waals surface area contributed by atoms with E-state index in [4.69, 9.17) is 0 Å². The van der Waals surface area contributed by atoms with Gasteiger partial charge >= 0.3 is 0 Å². The van der Waals surface area contributed by atoms with E-state index in [2.05, 4.69) is 15.3 Å². The molecule has 3 rings (SSSR count). The van der Waals surface area contributed by atoms with Crippen molar-refractivity contribution in [2.45, 2.75) is 18.9 Å². The zero-order valence-corrected chi connectivity index (χ0v) is 11.2. The quantitative estimate of drug-likeness (QED) is 0.903. The summed E-state index contributed by atoms with van der Waals surface area (Å²) in [6.45, 7) is 0. The van der Waals surface area contributed by atoms with E-state index in [0.29, 0.717) is 18.8 Å². The van der Waals surface area contributed by atoms with E-state index in [1.807, 2.05) is 24.3 Å². The summed E-state index contributed by atoms with van der Waals surface area (Å²) < 4.78 is 22.7. The Labute approximate surface area is 112 Å². The lowest BCUT2D eigenvalue weighted by Crippen LogP contribution is -2.32. The molecule has 1 aromatic carbocycles. The highest BCUT2D eigenvalue weighted by molar-refractivity contribution is 7.91. The van der Waals surface area contributed by atoms with Gasteiger partial charge in [-0.3, -0.25) is 0 Å². The Hall–Kier alpha value is -1.69. The van der Waals surface area contributed by atoms with Gasteiger partial charge in [-0.05, 0) is 18.9 Å². The molecule has 100 valence electrons. The average molecular weight is 277 g/mol. The molecule has 0 aliphatic carbocycles. The summed E-state index contributed by atoms with van der Waals surface area (Å²) >= 11 is 0. The second-order valence-electron chi connectivity index (χ2n) is 4.82. The molecule has 0 amide bonds. The molecule has 1 aliphatic heterocycles. The van der Waals surface area contributed by atoms with E-state index in [0.717, 1.165) is 10.9 Å². The highest BCUT2D eigenvalue weighted by Crippen LogP contribution is 2.17. The first-order valence-corrected chi connectivity index (χ1v) is 8.13. The molecule has 2 heterocycles. The van der Waals surface area contributed by atoms with E-state index in [1.54, 1.807) is 6.20 Å². The standard InChI is InChI=1S/C13H15N3O2S/c17-19(18)7-5-11(6-8-19)15-13-14-9-10-3-1-2-4-12(10)16-13/h1-4,9,11H,5-8H2,(H,14,15,16). The molecule has 0 radical (unpaired) electrons. The topological polar surface area (TPSA) is 72.0 Å². The number of para-hydroxylation sites is 1. The summed E-state index contributed by atoms with van der Waals surface area (Å²) in [5.74, 6) is 1.07. The van der Waals surface area contributed by atoms with Crippen molar-refractivity contribution in [3.05, 3.63) is 30.5 Å². The molecule has 19 heavy (non-hydrogen) atoms. The maximum Gasteiger partial charge on any atom is 0.223 e. The molecule has 0 bridgehead atoms. The number of sulfone groups is 1. The van der Waals surface area contributed by atoms with Crippen molar-refractivity contribution >= 4 is 26.7 Å². The lowest BCUT2D eigenvalue weighted by atomic mass is 10.1. The monoisotopic (exact) mass is 277 g/mol. The van der Waals surface area contributed by atoms with Crippen LogP contribution in [0.2, 0.25) is 0 Å². The average Bonchev–Trinajstić information content (AvgIpc) is 2.41. The maximum atomic E-state index is 11.4. The van der Waals surface area contributed by atoms with Gasteiger partial charge in [0.1, 0.15) is 9.84 Å². The number of aromatic nitrogens is 2. The molecule has 1 fully saturated rings. The number of hydrogen-bond donors (Lipinski definition) is 1. The summed E-state index contributed by atoms with van der Waals surface area (Å²) in [4.78, 5) is 8.70. The Morgan fingerprint density at radius 3 is 2.68 bits per heavy atom. The number of benzene rings is 1. The first kappa shape index (κ1) is 12.3. The second kappa shape index (κ2) is 4.77. The Kier molecular flexibility index (Phi) is 3.10. The zero-order valence-electron chi connectivity index (χ0n) is 10.4. The van der Waals surface area contributed by atoms with Gasteiger partial charge in [0.15, 0.2) is 0 Å². The number of anilines is 1. The molecule has 2 aromatic rings. The molecule has 1 saturated heterocycles. The number of hydrogen-bond acceptors (Lipinski definition) is 5. The molecular weight excluding hydrogens is 262 g/mol. The minimum Gasteiger partial charge on any atom is -0.351 e. The Morgan fingerprint density at radius 1 is 1.16 bits per heavy atom. The van der Waals surface area contributed by atoms with Gasteiger partial charge in [0.2, 0.25) is 5.95 Å². The number of fused-ring (bicyclic) bond motifs is 1. The number of nitrogens with zero attached hydrogens (tertiary/aromatic N) is 2. The normalized spacial score (nSPS) is 19.4. The van der Waals surface area contributed by atoms with E-state index in [1.165, 1.54) is 0 Å². The second-order valence-corrected chi connectivity index (χ2v) is 7.13. The number of nitrogens with one attached hydrogen (secondary N) is 1. The van der Waals surface area contributed by atoms with Gasteiger partial charge in [0, 0.05) is 17.6 Å². The predicted molar refractivity (Wildman–Crippen MR) is 74.8 cm³/mol. The third kappa shape index (κ3) is 2.84. The largest absolute Gasteiger partial charge is 0.351 e. The van der Waals surface area contributed by atoms with Crippen LogP contribution in [-0.4, -0.2) is 35.9 Å². The van der Waals surface area contributed by atoms with Crippen LogP contribution in [0, 0.1) is 0 Å². The molecule has 1 aromatic heterocycles. The van der Waals surface area contributed by atoms with Crippen molar-refractivity contribution in [3.63, 3.8) is 0 Å². The fourth-order valence-electron chi connectivity index (χ4n) is 2.26. The number of rotatable bonds is 2. The van der Waals surface area contributed by atoms with Gasteiger partial charge in [0.05, 0.1) is 17.0 Å². The summed E-state index contributed by atoms with van der Waals surface area (Å²) in [5, 5.41) is 4.22. The third-order valence-electron chi connectivity index (χ3n) is 3.38. The lowest BCUT2D eigenvalue weighted by Gasteiger charge is -2.22. The Morgan fingerprint density at radius 2 is 1.89 bits per heavy atom. The fraction of sp³-hybridized carbons (Fsp3) is 0.385. The first-order valence-electron chi connectivity index (χ1n) is 6.31. The minimum absolute atomic E-state index is 0.143. The van der Waals surface area contributed by atoms with Crippen molar-refractivity contribution in [3.8, 4) is 0 Å². The first-order chi connectivity index (χ1) is 9.12. The lowest BCUT2D eigenvalue weighted by molar-refractivity contribution is 0.558. The van der Waals surface area contributed by atoms with Crippen LogP contribution in [0.1, 0.15) is 12.8 Å². The maximum absolute atomic E-state index is 11.4. The molecule has 6 heteroatoms. The van der Waals surface area contributed by atoms with Crippen LogP contribution in [-0.2, 0) is 9.84 Å². The molecule has 1 N–H and O–H groups in total. The molecule has 1 aliphatic rings. The molecule has 5 nitrogen and oxygen atoms in total. The third-order valence-corrected chi connectivity index (χ3v) is 5.09. The Balaban J connectivity index is 1.75. The van der Waals surface area contributed by atoms with E-state index in [-0.39, 0.29) is 17.5 Å². The smallest absolute Gasteiger partial charge is 0.223 e. The van der Waals surface area contributed by atoms with Crippen molar-refractivity contribution in [2.75, 3.05) is 16.8 Å². The van der Waals surface area contributed by atoms with Gasteiger partial charge in [-0.1, -0.05) is 18.2 Å².